The third kappa shape index (κ3) is 3.39. The van der Waals surface area contributed by atoms with E-state index in [0.29, 0.717) is 11.1 Å². The van der Waals surface area contributed by atoms with Crippen LogP contribution in [0.5, 0.6) is 0 Å². The maximum absolute atomic E-state index is 12.8. The molecule has 0 heterocycles. The Morgan fingerprint density at radius 2 is 1.24 bits per heavy atom. The molecule has 4 aliphatic rings. The summed E-state index contributed by atoms with van der Waals surface area (Å²) in [5.74, 6) is -1.02. The molecule has 0 radical (unpaired) electrons. The van der Waals surface area contributed by atoms with Crippen LogP contribution in [0.3, 0.4) is 0 Å². The van der Waals surface area contributed by atoms with Crippen molar-refractivity contribution in [2.75, 3.05) is 14.2 Å². The highest BCUT2D eigenvalue weighted by Crippen LogP contribution is 2.34. The van der Waals surface area contributed by atoms with Gasteiger partial charge in [0.05, 0.1) is 25.3 Å². The first-order valence-corrected chi connectivity index (χ1v) is 9.86. The van der Waals surface area contributed by atoms with Gasteiger partial charge in [-0.25, -0.2) is 9.59 Å². The molecule has 0 atom stereocenters. The SMILES string of the molecule is COC(=O)c1c(C)cc2c3ccc(c2c1C(=O)OC)CCc1ccc(cc1)CC3. The average molecular weight is 388 g/mol. The van der Waals surface area contributed by atoms with Crippen molar-refractivity contribution in [1.29, 1.82) is 0 Å². The molecule has 0 saturated heterocycles. The molecule has 0 N–H and O–H groups in total. The molecular weight excluding hydrogens is 364 g/mol. The molecule has 0 unspecified atom stereocenters. The van der Waals surface area contributed by atoms with Crippen molar-refractivity contribution in [2.45, 2.75) is 32.6 Å². The Kier molecular flexibility index (Phi) is 5.10. The van der Waals surface area contributed by atoms with Crippen LogP contribution in [-0.2, 0) is 35.2 Å². The first-order valence-electron chi connectivity index (χ1n) is 9.86. The van der Waals surface area contributed by atoms with Gasteiger partial charge in [-0.3, -0.25) is 0 Å². The Morgan fingerprint density at radius 3 is 1.83 bits per heavy atom. The number of ether oxygens (including phenoxy) is 2. The number of benzene rings is 3. The number of hydrogen-bond donors (Lipinski definition) is 0. The van der Waals surface area contributed by atoms with Gasteiger partial charge in [-0.15, -0.1) is 0 Å². The predicted octanol–water partition coefficient (Wildman–Crippen LogP) is 4.61. The monoisotopic (exact) mass is 388 g/mol. The second kappa shape index (κ2) is 7.70. The third-order valence-corrected chi connectivity index (χ3v) is 5.85. The molecule has 0 aliphatic heterocycles. The van der Waals surface area contributed by atoms with Gasteiger partial charge in [-0.1, -0.05) is 42.5 Å². The predicted molar refractivity (Wildman–Crippen MR) is 113 cm³/mol. The van der Waals surface area contributed by atoms with E-state index in [0.717, 1.165) is 53.1 Å². The van der Waals surface area contributed by atoms with E-state index in [2.05, 4.69) is 36.4 Å². The smallest absolute Gasteiger partial charge is 0.339 e. The van der Waals surface area contributed by atoms with Gasteiger partial charge in [-0.2, -0.15) is 0 Å². The fourth-order valence-corrected chi connectivity index (χ4v) is 4.31. The van der Waals surface area contributed by atoms with Gasteiger partial charge in [0, 0.05) is 5.39 Å². The van der Waals surface area contributed by atoms with E-state index in [-0.39, 0.29) is 0 Å². The lowest BCUT2D eigenvalue weighted by Gasteiger charge is -2.19. The lowest BCUT2D eigenvalue weighted by molar-refractivity contribution is 0.0556. The number of aryl methyl sites for hydroxylation is 5. The van der Waals surface area contributed by atoms with Gasteiger partial charge < -0.3 is 9.47 Å². The summed E-state index contributed by atoms with van der Waals surface area (Å²) in [4.78, 5) is 25.4. The van der Waals surface area contributed by atoms with E-state index in [9.17, 15) is 9.59 Å². The summed E-state index contributed by atoms with van der Waals surface area (Å²) < 4.78 is 10.1. The molecule has 0 aromatic heterocycles. The molecule has 4 aliphatic carbocycles. The molecule has 4 heteroatoms. The van der Waals surface area contributed by atoms with Gasteiger partial charge in [0.25, 0.3) is 0 Å². The van der Waals surface area contributed by atoms with Crippen LogP contribution in [0.25, 0.3) is 10.8 Å². The van der Waals surface area contributed by atoms with Crippen LogP contribution in [0.1, 0.15) is 48.5 Å². The van der Waals surface area contributed by atoms with Gasteiger partial charge in [0.15, 0.2) is 0 Å². The maximum atomic E-state index is 12.8. The van der Waals surface area contributed by atoms with E-state index in [1.165, 1.54) is 25.3 Å². The summed E-state index contributed by atoms with van der Waals surface area (Å²) in [7, 11) is 2.68. The summed E-state index contributed by atoms with van der Waals surface area (Å²) in [6.07, 6.45) is 3.40. The van der Waals surface area contributed by atoms with Crippen LogP contribution < -0.4 is 0 Å². The van der Waals surface area contributed by atoms with Crippen molar-refractivity contribution < 1.29 is 19.1 Å². The lowest BCUT2D eigenvalue weighted by atomic mass is 9.85. The van der Waals surface area contributed by atoms with Crippen LogP contribution in [0.15, 0.2) is 42.5 Å². The second-order valence-corrected chi connectivity index (χ2v) is 7.55. The lowest BCUT2D eigenvalue weighted by Crippen LogP contribution is -2.16. The minimum absolute atomic E-state index is 0.292. The van der Waals surface area contributed by atoms with Crippen molar-refractivity contribution in [1.82, 2.24) is 0 Å². The van der Waals surface area contributed by atoms with Crippen molar-refractivity contribution in [3.8, 4) is 0 Å². The number of hydrogen-bond acceptors (Lipinski definition) is 4. The molecule has 0 fully saturated rings. The highest BCUT2D eigenvalue weighted by molar-refractivity contribution is 6.15. The molecule has 0 spiro atoms. The first-order chi connectivity index (χ1) is 14.0. The molecule has 7 rings (SSSR count). The Balaban J connectivity index is 2.05. The Hall–Kier alpha value is -3.14. The summed E-state index contributed by atoms with van der Waals surface area (Å²) >= 11 is 0. The number of rotatable bonds is 2. The summed E-state index contributed by atoms with van der Waals surface area (Å²) in [5, 5.41) is 1.83. The molecule has 148 valence electrons. The van der Waals surface area contributed by atoms with Crippen molar-refractivity contribution in [3.05, 3.63) is 81.4 Å². The minimum atomic E-state index is -0.517. The number of esters is 2. The number of carbonyl (C=O) groups excluding carboxylic acids is 2. The van der Waals surface area contributed by atoms with E-state index in [1.807, 2.05) is 13.0 Å². The van der Waals surface area contributed by atoms with E-state index in [4.69, 9.17) is 9.47 Å². The summed E-state index contributed by atoms with van der Waals surface area (Å²) in [6, 6.07) is 15.0. The highest BCUT2D eigenvalue weighted by Gasteiger charge is 2.26. The normalized spacial score (nSPS) is 13.1. The van der Waals surface area contributed by atoms with Crippen molar-refractivity contribution in [2.24, 2.45) is 0 Å². The third-order valence-electron chi connectivity index (χ3n) is 5.85. The topological polar surface area (TPSA) is 52.6 Å². The van der Waals surface area contributed by atoms with Crippen LogP contribution in [0.2, 0.25) is 0 Å². The van der Waals surface area contributed by atoms with Crippen LogP contribution in [0, 0.1) is 6.92 Å². The largest absolute Gasteiger partial charge is 0.465 e. The molecule has 29 heavy (non-hydrogen) atoms. The molecular formula is C25H24O4. The standard InChI is InChI=1S/C25H24O4/c1-15-14-20-18-10-8-16-4-6-17(7-5-16)9-11-19(13-12-18)22(20)23(25(27)29-3)21(15)24(26)28-2/h4-7,12-14H,8-11H2,1-3H3. The quantitative estimate of drug-likeness (QED) is 0.602. The molecule has 4 bridgehead atoms. The summed E-state index contributed by atoms with van der Waals surface area (Å²) in [5.41, 5.74) is 6.09. The molecule has 4 nitrogen and oxygen atoms in total. The second-order valence-electron chi connectivity index (χ2n) is 7.55. The zero-order chi connectivity index (χ0) is 20.5. The van der Waals surface area contributed by atoms with Crippen LogP contribution in [0.4, 0.5) is 0 Å². The van der Waals surface area contributed by atoms with Crippen molar-refractivity contribution in [3.63, 3.8) is 0 Å². The fraction of sp³-hybridized carbons (Fsp3) is 0.280. The van der Waals surface area contributed by atoms with Gasteiger partial charge in [-0.05, 0) is 65.8 Å². The first kappa shape index (κ1) is 19.2. The van der Waals surface area contributed by atoms with Gasteiger partial charge >= 0.3 is 11.9 Å². The van der Waals surface area contributed by atoms with Crippen LogP contribution in [-0.4, -0.2) is 26.2 Å². The average Bonchev–Trinajstić information content (AvgIpc) is 2.73. The molecule has 0 saturated carbocycles. The molecule has 3 aromatic carbocycles. The maximum Gasteiger partial charge on any atom is 0.339 e. The number of carbonyl (C=O) groups is 2. The van der Waals surface area contributed by atoms with E-state index in [1.54, 1.807) is 0 Å². The zero-order valence-corrected chi connectivity index (χ0v) is 17.0. The minimum Gasteiger partial charge on any atom is -0.465 e. The highest BCUT2D eigenvalue weighted by atomic mass is 16.5. The Bertz CT molecular complexity index is 1110. The Morgan fingerprint density at radius 1 is 0.724 bits per heavy atom. The number of methoxy groups -OCH3 is 2. The Labute approximate surface area is 170 Å². The van der Waals surface area contributed by atoms with Gasteiger partial charge in [0.2, 0.25) is 0 Å². The molecule has 3 aromatic rings. The van der Waals surface area contributed by atoms with Crippen LogP contribution >= 0.6 is 0 Å². The zero-order valence-electron chi connectivity index (χ0n) is 17.0. The van der Waals surface area contributed by atoms with E-state index >= 15 is 0 Å². The summed E-state index contributed by atoms with van der Waals surface area (Å²) in [6.45, 7) is 1.84. The fourth-order valence-electron chi connectivity index (χ4n) is 4.31. The molecule has 0 amide bonds. The van der Waals surface area contributed by atoms with E-state index < -0.39 is 11.9 Å². The van der Waals surface area contributed by atoms with Gasteiger partial charge in [0.1, 0.15) is 0 Å². The van der Waals surface area contributed by atoms with Crippen molar-refractivity contribution >= 4 is 22.7 Å².